The fraction of sp³-hybridized carbons (Fsp3) is 0.417. The van der Waals surface area contributed by atoms with Gasteiger partial charge in [0.15, 0.2) is 0 Å². The van der Waals surface area contributed by atoms with Gasteiger partial charge in [0.2, 0.25) is 0 Å². The molecule has 14 heavy (non-hydrogen) atoms. The standard InChI is InChI=1S/C12H16N2/c1-8-5-11(12(3,4)14)6-10(7-13)9(8)2/h5-6H,14H2,1-4H3. The van der Waals surface area contributed by atoms with Gasteiger partial charge in [-0.1, -0.05) is 6.07 Å². The van der Waals surface area contributed by atoms with Crippen LogP contribution in [0.2, 0.25) is 0 Å². The molecule has 1 rings (SSSR count). The van der Waals surface area contributed by atoms with Crippen molar-refractivity contribution in [3.8, 4) is 6.07 Å². The first-order chi connectivity index (χ1) is 6.36. The van der Waals surface area contributed by atoms with E-state index in [-0.39, 0.29) is 5.54 Å². The third kappa shape index (κ3) is 1.94. The van der Waals surface area contributed by atoms with Gasteiger partial charge in [-0.25, -0.2) is 0 Å². The van der Waals surface area contributed by atoms with Crippen molar-refractivity contribution in [2.75, 3.05) is 0 Å². The van der Waals surface area contributed by atoms with Crippen LogP contribution in [0.15, 0.2) is 12.1 Å². The lowest BCUT2D eigenvalue weighted by Gasteiger charge is -2.20. The molecule has 0 heterocycles. The van der Waals surface area contributed by atoms with E-state index in [0.717, 1.165) is 22.3 Å². The highest BCUT2D eigenvalue weighted by molar-refractivity contribution is 5.46. The molecule has 0 saturated carbocycles. The molecule has 0 aliphatic heterocycles. The first-order valence-corrected chi connectivity index (χ1v) is 4.67. The van der Waals surface area contributed by atoms with Gasteiger partial charge in [0.1, 0.15) is 0 Å². The summed E-state index contributed by atoms with van der Waals surface area (Å²) in [5, 5.41) is 8.94. The van der Waals surface area contributed by atoms with E-state index in [1.807, 2.05) is 33.8 Å². The van der Waals surface area contributed by atoms with Crippen LogP contribution in [0.1, 0.15) is 36.1 Å². The average Bonchev–Trinajstić information content (AvgIpc) is 2.07. The second kappa shape index (κ2) is 3.43. The lowest BCUT2D eigenvalue weighted by atomic mass is 9.90. The molecular weight excluding hydrogens is 172 g/mol. The highest BCUT2D eigenvalue weighted by atomic mass is 14.7. The molecular formula is C12H16N2. The number of nitrogens with zero attached hydrogens (tertiary/aromatic N) is 1. The third-order valence-corrected chi connectivity index (χ3v) is 2.53. The summed E-state index contributed by atoms with van der Waals surface area (Å²) in [4.78, 5) is 0. The van der Waals surface area contributed by atoms with Crippen molar-refractivity contribution in [2.45, 2.75) is 33.2 Å². The van der Waals surface area contributed by atoms with Gasteiger partial charge in [0.05, 0.1) is 11.6 Å². The number of hydrogen-bond acceptors (Lipinski definition) is 2. The quantitative estimate of drug-likeness (QED) is 0.735. The first-order valence-electron chi connectivity index (χ1n) is 4.67. The van der Waals surface area contributed by atoms with Crippen LogP contribution < -0.4 is 5.73 Å². The van der Waals surface area contributed by atoms with Crippen molar-refractivity contribution in [3.05, 3.63) is 34.4 Å². The Morgan fingerprint density at radius 1 is 1.29 bits per heavy atom. The molecule has 0 fully saturated rings. The number of rotatable bonds is 1. The maximum Gasteiger partial charge on any atom is 0.0994 e. The largest absolute Gasteiger partial charge is 0.322 e. The Kier molecular flexibility index (Phi) is 2.64. The summed E-state index contributed by atoms with van der Waals surface area (Å²) in [5.74, 6) is 0. The highest BCUT2D eigenvalue weighted by Crippen LogP contribution is 2.22. The zero-order chi connectivity index (χ0) is 10.9. The van der Waals surface area contributed by atoms with E-state index in [4.69, 9.17) is 11.0 Å². The molecule has 0 atom stereocenters. The van der Waals surface area contributed by atoms with Gasteiger partial charge < -0.3 is 5.73 Å². The Bertz CT molecular complexity index is 392. The van der Waals surface area contributed by atoms with Crippen molar-refractivity contribution >= 4 is 0 Å². The van der Waals surface area contributed by atoms with E-state index in [0.29, 0.717) is 0 Å². The van der Waals surface area contributed by atoms with E-state index in [2.05, 4.69) is 12.1 Å². The van der Waals surface area contributed by atoms with Crippen molar-refractivity contribution < 1.29 is 0 Å². The van der Waals surface area contributed by atoms with Gasteiger partial charge in [0.25, 0.3) is 0 Å². The van der Waals surface area contributed by atoms with Crippen molar-refractivity contribution in [3.63, 3.8) is 0 Å². The lowest BCUT2D eigenvalue weighted by Crippen LogP contribution is -2.28. The molecule has 0 aliphatic rings. The minimum Gasteiger partial charge on any atom is -0.322 e. The van der Waals surface area contributed by atoms with Gasteiger partial charge in [0, 0.05) is 5.54 Å². The number of hydrogen-bond donors (Lipinski definition) is 1. The molecule has 0 aliphatic carbocycles. The molecule has 0 saturated heterocycles. The summed E-state index contributed by atoms with van der Waals surface area (Å²) in [7, 11) is 0. The second-order valence-electron chi connectivity index (χ2n) is 4.30. The maximum absolute atomic E-state index is 8.94. The van der Waals surface area contributed by atoms with Crippen LogP contribution in [0.5, 0.6) is 0 Å². The Labute approximate surface area is 85.4 Å². The monoisotopic (exact) mass is 188 g/mol. The number of nitriles is 1. The van der Waals surface area contributed by atoms with E-state index < -0.39 is 0 Å². The normalized spacial score (nSPS) is 11.1. The molecule has 1 aromatic rings. The van der Waals surface area contributed by atoms with Gasteiger partial charge in [-0.15, -0.1) is 0 Å². The molecule has 0 bridgehead atoms. The molecule has 2 N–H and O–H groups in total. The average molecular weight is 188 g/mol. The van der Waals surface area contributed by atoms with Crippen LogP contribution in [-0.4, -0.2) is 0 Å². The summed E-state index contributed by atoms with van der Waals surface area (Å²) in [6.07, 6.45) is 0. The van der Waals surface area contributed by atoms with Gasteiger partial charge in [-0.05, 0) is 50.5 Å². The number of benzene rings is 1. The third-order valence-electron chi connectivity index (χ3n) is 2.53. The summed E-state index contributed by atoms with van der Waals surface area (Å²) in [6.45, 7) is 7.85. The van der Waals surface area contributed by atoms with Gasteiger partial charge >= 0.3 is 0 Å². The minimum atomic E-state index is -0.385. The van der Waals surface area contributed by atoms with Crippen LogP contribution in [0, 0.1) is 25.2 Å². The zero-order valence-corrected chi connectivity index (χ0v) is 9.18. The minimum absolute atomic E-state index is 0.385. The number of nitrogens with two attached hydrogens (primary N) is 1. The van der Waals surface area contributed by atoms with E-state index in [1.54, 1.807) is 0 Å². The van der Waals surface area contributed by atoms with Crippen LogP contribution in [0.25, 0.3) is 0 Å². The van der Waals surface area contributed by atoms with Crippen LogP contribution in [0.3, 0.4) is 0 Å². The summed E-state index contributed by atoms with van der Waals surface area (Å²) in [6, 6.07) is 6.12. The predicted molar refractivity (Wildman–Crippen MR) is 57.8 cm³/mol. The summed E-state index contributed by atoms with van der Waals surface area (Å²) in [5.41, 5.74) is 9.50. The first kappa shape index (κ1) is 10.7. The van der Waals surface area contributed by atoms with E-state index >= 15 is 0 Å². The number of aryl methyl sites for hydroxylation is 1. The molecule has 0 spiro atoms. The topological polar surface area (TPSA) is 49.8 Å². The molecule has 2 heteroatoms. The van der Waals surface area contributed by atoms with E-state index in [9.17, 15) is 0 Å². The van der Waals surface area contributed by atoms with E-state index in [1.165, 1.54) is 0 Å². The second-order valence-corrected chi connectivity index (χ2v) is 4.30. The van der Waals surface area contributed by atoms with Crippen molar-refractivity contribution in [1.29, 1.82) is 5.26 Å². The molecule has 1 aromatic carbocycles. The maximum atomic E-state index is 8.94. The Balaban J connectivity index is 3.40. The highest BCUT2D eigenvalue weighted by Gasteiger charge is 2.16. The Morgan fingerprint density at radius 2 is 1.86 bits per heavy atom. The molecule has 0 aromatic heterocycles. The molecule has 0 unspecified atom stereocenters. The molecule has 0 amide bonds. The molecule has 0 radical (unpaired) electrons. The Morgan fingerprint density at radius 3 is 2.29 bits per heavy atom. The van der Waals surface area contributed by atoms with Crippen molar-refractivity contribution in [2.24, 2.45) is 5.73 Å². The Hall–Kier alpha value is -1.33. The molecule has 74 valence electrons. The van der Waals surface area contributed by atoms with Crippen LogP contribution in [-0.2, 0) is 5.54 Å². The molecule has 2 nitrogen and oxygen atoms in total. The predicted octanol–water partition coefficient (Wildman–Crippen LogP) is 2.37. The fourth-order valence-electron chi connectivity index (χ4n) is 1.35. The smallest absolute Gasteiger partial charge is 0.0994 e. The van der Waals surface area contributed by atoms with Gasteiger partial charge in [-0.3, -0.25) is 0 Å². The summed E-state index contributed by atoms with van der Waals surface area (Å²) >= 11 is 0. The zero-order valence-electron chi connectivity index (χ0n) is 9.18. The van der Waals surface area contributed by atoms with Crippen LogP contribution in [0.4, 0.5) is 0 Å². The van der Waals surface area contributed by atoms with Crippen molar-refractivity contribution in [1.82, 2.24) is 0 Å². The lowest BCUT2D eigenvalue weighted by molar-refractivity contribution is 0.553. The summed E-state index contributed by atoms with van der Waals surface area (Å²) < 4.78 is 0. The fourth-order valence-corrected chi connectivity index (χ4v) is 1.35. The SMILES string of the molecule is Cc1cc(C(C)(C)N)cc(C#N)c1C. The van der Waals surface area contributed by atoms with Crippen LogP contribution >= 0.6 is 0 Å². The van der Waals surface area contributed by atoms with Gasteiger partial charge in [-0.2, -0.15) is 5.26 Å².